The predicted molar refractivity (Wildman–Crippen MR) is 262 cm³/mol. The van der Waals surface area contributed by atoms with Gasteiger partial charge in [0.15, 0.2) is 5.82 Å². The number of rotatable bonds is 7. The van der Waals surface area contributed by atoms with Crippen LogP contribution in [0, 0.1) is 0 Å². The minimum absolute atomic E-state index is 0.686. The van der Waals surface area contributed by atoms with E-state index in [-0.39, 0.29) is 0 Å². The molecule has 0 fully saturated rings. The number of nitrogens with zero attached hydrogens (tertiary/aromatic N) is 4. The van der Waals surface area contributed by atoms with Crippen LogP contribution < -0.4 is 4.90 Å². The predicted octanol–water partition coefficient (Wildman–Crippen LogP) is 15.8. The minimum atomic E-state index is 0.686. The fraction of sp³-hybridized carbons (Fsp3) is 0. The lowest BCUT2D eigenvalue weighted by Gasteiger charge is -2.27. The van der Waals surface area contributed by atoms with Crippen LogP contribution in [0.2, 0.25) is 0 Å². The van der Waals surface area contributed by atoms with Crippen molar-refractivity contribution in [3.8, 4) is 39.5 Å². The van der Waals surface area contributed by atoms with Crippen molar-refractivity contribution in [2.75, 3.05) is 4.90 Å². The first-order chi connectivity index (χ1) is 31.7. The molecule has 9 aromatic carbocycles. The van der Waals surface area contributed by atoms with E-state index in [1.54, 1.807) is 0 Å². The van der Waals surface area contributed by atoms with Crippen LogP contribution in [0.4, 0.5) is 17.1 Å². The van der Waals surface area contributed by atoms with Crippen molar-refractivity contribution in [3.05, 3.63) is 218 Å². The zero-order chi connectivity index (χ0) is 42.1. The average Bonchev–Trinajstić information content (AvgIpc) is 4.05. The Bertz CT molecular complexity index is 3780. The normalized spacial score (nSPS) is 11.8. The van der Waals surface area contributed by atoms with Crippen molar-refractivity contribution >= 4 is 82.9 Å². The molecule has 0 saturated heterocycles. The average molecular weight is 821 g/mol. The van der Waals surface area contributed by atoms with Crippen LogP contribution in [0.25, 0.3) is 105 Å². The van der Waals surface area contributed by atoms with Gasteiger partial charge in [-0.1, -0.05) is 146 Å². The van der Waals surface area contributed by atoms with Crippen molar-refractivity contribution in [1.29, 1.82) is 0 Å². The monoisotopic (exact) mass is 820 g/mol. The van der Waals surface area contributed by atoms with E-state index in [2.05, 4.69) is 179 Å². The Kier molecular flexibility index (Phi) is 8.11. The van der Waals surface area contributed by atoms with Gasteiger partial charge in [0.25, 0.3) is 0 Å². The Labute approximate surface area is 367 Å². The summed E-state index contributed by atoms with van der Waals surface area (Å²) in [5, 5.41) is 6.33. The van der Waals surface area contributed by atoms with Gasteiger partial charge in [-0.2, -0.15) is 0 Å². The lowest BCUT2D eigenvalue weighted by Crippen LogP contribution is -2.10. The van der Waals surface area contributed by atoms with Gasteiger partial charge >= 0.3 is 0 Å². The maximum Gasteiger partial charge on any atom is 0.162 e. The van der Waals surface area contributed by atoms with E-state index >= 15 is 0 Å². The van der Waals surface area contributed by atoms with E-state index in [1.807, 2.05) is 48.5 Å². The number of para-hydroxylation sites is 3. The van der Waals surface area contributed by atoms with Crippen LogP contribution in [-0.4, -0.2) is 14.5 Å². The van der Waals surface area contributed by atoms with Gasteiger partial charge in [0.05, 0.1) is 38.7 Å². The molecular weight excluding hydrogens is 785 g/mol. The van der Waals surface area contributed by atoms with Crippen LogP contribution in [0.3, 0.4) is 0 Å². The molecule has 0 N–H and O–H groups in total. The molecule has 0 aliphatic carbocycles. The van der Waals surface area contributed by atoms with Gasteiger partial charge in [0.1, 0.15) is 28.0 Å². The molecule has 0 amide bonds. The molecule has 0 bridgehead atoms. The first-order valence-corrected chi connectivity index (χ1v) is 21.5. The molecule has 0 radical (unpaired) electrons. The summed E-state index contributed by atoms with van der Waals surface area (Å²) in [5.41, 5.74) is 14.5. The number of hydrogen-bond donors (Lipinski definition) is 0. The molecule has 0 saturated carbocycles. The van der Waals surface area contributed by atoms with Gasteiger partial charge < -0.3 is 13.7 Å². The van der Waals surface area contributed by atoms with Crippen LogP contribution in [-0.2, 0) is 0 Å². The second kappa shape index (κ2) is 14.4. The molecule has 0 aliphatic heterocycles. The summed E-state index contributed by atoms with van der Waals surface area (Å²) >= 11 is 0. The molecule has 13 aromatic rings. The van der Waals surface area contributed by atoms with Crippen molar-refractivity contribution < 1.29 is 8.83 Å². The van der Waals surface area contributed by atoms with Crippen LogP contribution >= 0.6 is 0 Å². The molecule has 300 valence electrons. The second-order valence-corrected chi connectivity index (χ2v) is 16.1. The van der Waals surface area contributed by atoms with Gasteiger partial charge in [-0.05, 0) is 83.9 Å². The maximum absolute atomic E-state index is 6.44. The number of fused-ring (bicyclic) bond motifs is 9. The van der Waals surface area contributed by atoms with Crippen molar-refractivity contribution in [3.63, 3.8) is 0 Å². The fourth-order valence-electron chi connectivity index (χ4n) is 9.54. The quantitative estimate of drug-likeness (QED) is 0.160. The molecule has 0 atom stereocenters. The Morgan fingerprint density at radius 1 is 0.375 bits per heavy atom. The van der Waals surface area contributed by atoms with Gasteiger partial charge in [0, 0.05) is 38.7 Å². The highest BCUT2D eigenvalue weighted by Gasteiger charge is 2.24. The molecule has 4 heterocycles. The largest absolute Gasteiger partial charge is 0.456 e. The summed E-state index contributed by atoms with van der Waals surface area (Å²) in [4.78, 5) is 13.0. The van der Waals surface area contributed by atoms with E-state index in [0.29, 0.717) is 5.82 Å². The van der Waals surface area contributed by atoms with Crippen molar-refractivity contribution in [2.24, 2.45) is 0 Å². The van der Waals surface area contributed by atoms with Gasteiger partial charge in [0.2, 0.25) is 0 Å². The first kappa shape index (κ1) is 36.0. The fourth-order valence-corrected chi connectivity index (χ4v) is 9.54. The zero-order valence-electron chi connectivity index (χ0n) is 34.4. The van der Waals surface area contributed by atoms with E-state index < -0.39 is 0 Å². The third kappa shape index (κ3) is 5.66. The Balaban J connectivity index is 1.02. The van der Waals surface area contributed by atoms with E-state index in [9.17, 15) is 0 Å². The van der Waals surface area contributed by atoms with Crippen LogP contribution in [0.1, 0.15) is 0 Å². The highest BCUT2D eigenvalue weighted by Crippen LogP contribution is 2.47. The summed E-state index contributed by atoms with van der Waals surface area (Å²) in [5.74, 6) is 0.686. The second-order valence-electron chi connectivity index (χ2n) is 16.1. The minimum Gasteiger partial charge on any atom is -0.456 e. The molecule has 4 aromatic heterocycles. The molecule has 0 aliphatic rings. The van der Waals surface area contributed by atoms with E-state index in [4.69, 9.17) is 18.8 Å². The molecule has 64 heavy (non-hydrogen) atoms. The molecule has 13 rings (SSSR count). The molecule has 0 spiro atoms. The molecular formula is C58H36N4O2. The van der Waals surface area contributed by atoms with Gasteiger partial charge in [-0.3, -0.25) is 4.57 Å². The van der Waals surface area contributed by atoms with Gasteiger partial charge in [-0.15, -0.1) is 0 Å². The lowest BCUT2D eigenvalue weighted by atomic mass is 10.00. The number of aromatic nitrogens is 3. The summed E-state index contributed by atoms with van der Waals surface area (Å²) < 4.78 is 15.2. The standard InChI is InChI=1S/C58H36N4O2/c1-4-16-38(17-5-1)56-55-45-36-40(32-35-46(45)62(41-20-8-3-9-21-41)58(55)60-57(59-56)39-18-6-2-7-19-39)37-30-33-42(34-31-37)61(47-24-14-28-51-53(47)43-22-10-12-26-49(43)63-51)48-25-15-29-52-54(48)44-23-11-13-27-50(44)64-52/h1-36H. The Hall–Kier alpha value is -8.74. The van der Waals surface area contributed by atoms with E-state index in [1.165, 1.54) is 0 Å². The topological polar surface area (TPSA) is 60.2 Å². The lowest BCUT2D eigenvalue weighted by molar-refractivity contribution is 0.668. The summed E-state index contributed by atoms with van der Waals surface area (Å²) in [7, 11) is 0. The first-order valence-electron chi connectivity index (χ1n) is 21.5. The summed E-state index contributed by atoms with van der Waals surface area (Å²) in [6.07, 6.45) is 0. The molecule has 0 unspecified atom stereocenters. The maximum atomic E-state index is 6.44. The smallest absolute Gasteiger partial charge is 0.162 e. The number of benzene rings is 9. The SMILES string of the molecule is c1ccc(-c2nc(-c3ccccc3)c3c4cc(-c5ccc(N(c6cccc7oc8ccccc8c67)c6cccc7oc8ccccc8c67)cc5)ccc4n(-c4ccccc4)c3n2)cc1. The van der Waals surface area contributed by atoms with Crippen LogP contribution in [0.15, 0.2) is 227 Å². The van der Waals surface area contributed by atoms with Crippen molar-refractivity contribution in [2.45, 2.75) is 0 Å². The summed E-state index contributed by atoms with van der Waals surface area (Å²) in [6.45, 7) is 0. The third-order valence-electron chi connectivity index (χ3n) is 12.4. The highest BCUT2D eigenvalue weighted by molar-refractivity contribution is 6.18. The Morgan fingerprint density at radius 2 is 0.906 bits per heavy atom. The van der Waals surface area contributed by atoms with Gasteiger partial charge in [-0.25, -0.2) is 9.97 Å². The zero-order valence-corrected chi connectivity index (χ0v) is 34.4. The number of anilines is 3. The molecule has 6 heteroatoms. The van der Waals surface area contributed by atoms with Crippen LogP contribution in [0.5, 0.6) is 0 Å². The van der Waals surface area contributed by atoms with Crippen molar-refractivity contribution in [1.82, 2.24) is 14.5 Å². The number of hydrogen-bond acceptors (Lipinski definition) is 5. The molecule has 6 nitrogen and oxygen atoms in total. The summed E-state index contributed by atoms with van der Waals surface area (Å²) in [6, 6.07) is 76.0. The Morgan fingerprint density at radius 3 is 1.53 bits per heavy atom. The highest BCUT2D eigenvalue weighted by atomic mass is 16.3. The third-order valence-corrected chi connectivity index (χ3v) is 12.4. The number of furan rings is 2. The van der Waals surface area contributed by atoms with E-state index in [0.717, 1.165) is 117 Å².